The molecule has 0 radical (unpaired) electrons. The molecule has 2 N–H and O–H groups in total. The Hall–Kier alpha value is -1.07. The van der Waals surface area contributed by atoms with Crippen molar-refractivity contribution < 1.29 is 14.8 Å². The molecule has 1 aliphatic rings. The highest BCUT2D eigenvalue weighted by molar-refractivity contribution is 6.57. The van der Waals surface area contributed by atoms with Gasteiger partial charge in [0.1, 0.15) is 5.76 Å². The molecule has 12 heavy (non-hydrogen) atoms. The molecule has 0 saturated heterocycles. The minimum atomic E-state index is -1.46. The van der Waals surface area contributed by atoms with E-state index in [1.807, 2.05) is 0 Å². The monoisotopic (exact) mass is 167 g/mol. The van der Waals surface area contributed by atoms with Gasteiger partial charge >= 0.3 is 7.12 Å². The second-order valence-electron chi connectivity index (χ2n) is 2.36. The van der Waals surface area contributed by atoms with Crippen molar-refractivity contribution in [2.24, 2.45) is 4.99 Å². The quantitative estimate of drug-likeness (QED) is 0.564. The lowest BCUT2D eigenvalue weighted by atomic mass is 9.79. The first-order chi connectivity index (χ1) is 5.74. The summed E-state index contributed by atoms with van der Waals surface area (Å²) in [7, 11) is 0.0913. The molecule has 5 heteroatoms. The molecular formula is C7H10BNO3. The normalized spacial score (nSPS) is 16.2. The van der Waals surface area contributed by atoms with Crippen LogP contribution in [0, 0.1) is 0 Å². The molecule has 1 aliphatic heterocycles. The Morgan fingerprint density at radius 3 is 2.92 bits per heavy atom. The van der Waals surface area contributed by atoms with Gasteiger partial charge in [-0.15, -0.1) is 0 Å². The van der Waals surface area contributed by atoms with Gasteiger partial charge in [-0.3, -0.25) is 4.99 Å². The Morgan fingerprint density at radius 2 is 2.33 bits per heavy atom. The topological polar surface area (TPSA) is 62.0 Å². The highest BCUT2D eigenvalue weighted by Gasteiger charge is 2.13. The van der Waals surface area contributed by atoms with Crippen molar-refractivity contribution in [2.45, 2.75) is 6.42 Å². The molecular weight excluding hydrogens is 157 g/mol. The van der Waals surface area contributed by atoms with Crippen LogP contribution in [0.3, 0.4) is 0 Å². The average Bonchev–Trinajstić information content (AvgIpc) is 2.28. The lowest BCUT2D eigenvalue weighted by Crippen LogP contribution is -2.16. The number of allylic oxidation sites excluding steroid dienone is 2. The predicted octanol–water partition coefficient (Wildman–Crippen LogP) is -0.113. The zero-order chi connectivity index (χ0) is 8.97. The fraction of sp³-hybridized carbons (Fsp3) is 0.286. The number of methoxy groups -OCH3 is 1. The lowest BCUT2D eigenvalue weighted by Gasteiger charge is -1.99. The van der Waals surface area contributed by atoms with E-state index in [2.05, 4.69) is 4.99 Å². The van der Waals surface area contributed by atoms with Gasteiger partial charge in [0.25, 0.3) is 0 Å². The highest BCUT2D eigenvalue weighted by Crippen LogP contribution is 2.09. The van der Waals surface area contributed by atoms with Gasteiger partial charge in [-0.2, -0.15) is 0 Å². The molecule has 0 atom stereocenters. The van der Waals surface area contributed by atoms with Gasteiger partial charge < -0.3 is 14.8 Å². The van der Waals surface area contributed by atoms with Crippen LogP contribution in [0.4, 0.5) is 0 Å². The largest absolute Gasteiger partial charge is 0.499 e. The highest BCUT2D eigenvalue weighted by atomic mass is 16.5. The third kappa shape index (κ3) is 2.22. The number of hydrogen-bond acceptors (Lipinski definition) is 4. The second kappa shape index (κ2) is 4.08. The number of nitrogens with zero attached hydrogens (tertiary/aromatic N) is 1. The summed E-state index contributed by atoms with van der Waals surface area (Å²) in [6.45, 7) is 0. The van der Waals surface area contributed by atoms with E-state index in [0.29, 0.717) is 17.7 Å². The van der Waals surface area contributed by atoms with Crippen LogP contribution in [-0.4, -0.2) is 30.5 Å². The van der Waals surface area contributed by atoms with Crippen molar-refractivity contribution in [3.63, 3.8) is 0 Å². The first-order valence-electron chi connectivity index (χ1n) is 3.56. The fourth-order valence-electron chi connectivity index (χ4n) is 0.838. The summed E-state index contributed by atoms with van der Waals surface area (Å²) >= 11 is 0. The molecule has 0 amide bonds. The van der Waals surface area contributed by atoms with Crippen LogP contribution in [0.25, 0.3) is 0 Å². The van der Waals surface area contributed by atoms with Crippen molar-refractivity contribution in [2.75, 3.05) is 7.11 Å². The molecule has 1 rings (SSSR count). The van der Waals surface area contributed by atoms with Gasteiger partial charge in [0.2, 0.25) is 0 Å². The summed E-state index contributed by atoms with van der Waals surface area (Å²) in [4.78, 5) is 3.83. The van der Waals surface area contributed by atoms with E-state index in [1.165, 1.54) is 6.21 Å². The lowest BCUT2D eigenvalue weighted by molar-refractivity contribution is 0.284. The van der Waals surface area contributed by atoms with Gasteiger partial charge in [-0.05, 0) is 5.47 Å². The molecule has 0 spiro atoms. The molecule has 0 aromatic rings. The van der Waals surface area contributed by atoms with Crippen LogP contribution in [0.5, 0.6) is 0 Å². The van der Waals surface area contributed by atoms with E-state index >= 15 is 0 Å². The van der Waals surface area contributed by atoms with Gasteiger partial charge in [-0.1, -0.05) is 6.08 Å². The summed E-state index contributed by atoms with van der Waals surface area (Å²) in [5, 5.41) is 17.6. The Labute approximate surface area is 71.0 Å². The molecule has 0 unspecified atom stereocenters. The molecule has 4 nitrogen and oxygen atoms in total. The summed E-state index contributed by atoms with van der Waals surface area (Å²) < 4.78 is 4.94. The van der Waals surface area contributed by atoms with E-state index in [4.69, 9.17) is 14.8 Å². The molecule has 64 valence electrons. The number of ether oxygens (including phenoxy) is 1. The first kappa shape index (κ1) is 9.03. The van der Waals surface area contributed by atoms with E-state index in [9.17, 15) is 0 Å². The first-order valence-corrected chi connectivity index (χ1v) is 3.56. The molecule has 0 aliphatic carbocycles. The molecule has 0 bridgehead atoms. The maximum atomic E-state index is 8.79. The third-order valence-corrected chi connectivity index (χ3v) is 1.54. The maximum Gasteiger partial charge on any atom is 0.489 e. The summed E-state index contributed by atoms with van der Waals surface area (Å²) in [5.74, 6) is 0.696. The minimum absolute atomic E-state index is 0.387. The van der Waals surface area contributed by atoms with Crippen molar-refractivity contribution >= 4 is 13.3 Å². The van der Waals surface area contributed by atoms with Crippen LogP contribution >= 0.6 is 0 Å². The zero-order valence-corrected chi connectivity index (χ0v) is 6.77. The smallest absolute Gasteiger partial charge is 0.489 e. The van der Waals surface area contributed by atoms with Crippen molar-refractivity contribution in [1.82, 2.24) is 0 Å². The van der Waals surface area contributed by atoms with E-state index in [-0.39, 0.29) is 0 Å². The standard InChI is InChI=1S/C7H10BNO3/c1-12-7-3-2-6(8(10)11)4-9-5-7/h2,4-5,10-11H,3H2,1H3. The Morgan fingerprint density at radius 1 is 1.58 bits per heavy atom. The summed E-state index contributed by atoms with van der Waals surface area (Å²) in [5.41, 5.74) is 0.387. The van der Waals surface area contributed by atoms with Crippen LogP contribution in [-0.2, 0) is 4.74 Å². The molecule has 0 fully saturated rings. The molecule has 0 aromatic carbocycles. The number of rotatable bonds is 2. The summed E-state index contributed by atoms with van der Waals surface area (Å²) in [6, 6.07) is 0. The fourth-order valence-corrected chi connectivity index (χ4v) is 0.838. The average molecular weight is 167 g/mol. The SMILES string of the molecule is COC1=CN=CC(B(O)O)=CC1. The number of hydrogen-bond donors (Lipinski definition) is 2. The van der Waals surface area contributed by atoms with Crippen molar-refractivity contribution in [3.05, 3.63) is 23.5 Å². The maximum absolute atomic E-state index is 8.79. The van der Waals surface area contributed by atoms with E-state index in [0.717, 1.165) is 0 Å². The van der Waals surface area contributed by atoms with E-state index in [1.54, 1.807) is 19.4 Å². The second-order valence-corrected chi connectivity index (χ2v) is 2.36. The third-order valence-electron chi connectivity index (χ3n) is 1.54. The van der Waals surface area contributed by atoms with Crippen LogP contribution in [0.15, 0.2) is 28.5 Å². The van der Waals surface area contributed by atoms with Gasteiger partial charge in [0, 0.05) is 12.6 Å². The van der Waals surface area contributed by atoms with Crippen LogP contribution in [0.1, 0.15) is 6.42 Å². The Bertz CT molecular complexity index is 245. The number of aliphatic imine (C=N–C) groups is 1. The van der Waals surface area contributed by atoms with Gasteiger partial charge in [0.05, 0.1) is 13.3 Å². The minimum Gasteiger partial charge on any atom is -0.499 e. The van der Waals surface area contributed by atoms with Crippen molar-refractivity contribution in [3.8, 4) is 0 Å². The van der Waals surface area contributed by atoms with Gasteiger partial charge in [0.15, 0.2) is 0 Å². The summed E-state index contributed by atoms with van der Waals surface area (Å²) in [6.07, 6.45) is 5.14. The molecule has 0 aromatic heterocycles. The Kier molecular flexibility index (Phi) is 3.07. The van der Waals surface area contributed by atoms with E-state index < -0.39 is 7.12 Å². The van der Waals surface area contributed by atoms with Crippen LogP contribution < -0.4 is 0 Å². The Balaban J connectivity index is 2.71. The van der Waals surface area contributed by atoms with Crippen molar-refractivity contribution in [1.29, 1.82) is 0 Å². The molecule has 0 saturated carbocycles. The van der Waals surface area contributed by atoms with Gasteiger partial charge in [-0.25, -0.2) is 0 Å². The zero-order valence-electron chi connectivity index (χ0n) is 6.77. The van der Waals surface area contributed by atoms with Crippen LogP contribution in [0.2, 0.25) is 0 Å². The predicted molar refractivity (Wildman–Crippen MR) is 46.5 cm³/mol. The molecule has 1 heterocycles.